The minimum Gasteiger partial charge on any atom is -0.353 e. The lowest BCUT2D eigenvalue weighted by molar-refractivity contribution is -0.123. The highest BCUT2D eigenvalue weighted by Gasteiger charge is 2.33. The summed E-state index contributed by atoms with van der Waals surface area (Å²) in [5, 5.41) is 2.89. The van der Waals surface area contributed by atoms with Gasteiger partial charge in [0.15, 0.2) is 0 Å². The van der Waals surface area contributed by atoms with Gasteiger partial charge in [-0.05, 0) is 12.3 Å². The van der Waals surface area contributed by atoms with E-state index in [1.807, 2.05) is 4.90 Å². The number of nitrogens with one attached hydrogen (secondary N) is 1. The smallest absolute Gasteiger partial charge is 0.280 e. The molecular formula is C16H22F2N4O. The molecule has 1 saturated carbocycles. The first-order valence-corrected chi connectivity index (χ1v) is 8.29. The highest BCUT2D eigenvalue weighted by atomic mass is 19.3. The number of aromatic nitrogens is 2. The second-order valence-electron chi connectivity index (χ2n) is 6.34. The van der Waals surface area contributed by atoms with Gasteiger partial charge in [-0.15, -0.1) is 0 Å². The van der Waals surface area contributed by atoms with Crippen LogP contribution < -0.4 is 10.2 Å². The summed E-state index contributed by atoms with van der Waals surface area (Å²) in [4.78, 5) is 21.9. The lowest BCUT2D eigenvalue weighted by Gasteiger charge is -2.38. The molecule has 1 aromatic rings. The fourth-order valence-electron chi connectivity index (χ4n) is 3.60. The minimum atomic E-state index is -2.63. The summed E-state index contributed by atoms with van der Waals surface area (Å²) < 4.78 is 25.7. The Kier molecular flexibility index (Phi) is 5.03. The van der Waals surface area contributed by atoms with Gasteiger partial charge in [-0.2, -0.15) is 0 Å². The van der Waals surface area contributed by atoms with E-state index in [1.54, 1.807) is 0 Å². The Bertz CT molecular complexity index is 549. The molecule has 2 heterocycles. The van der Waals surface area contributed by atoms with Gasteiger partial charge in [0.1, 0.15) is 23.9 Å². The van der Waals surface area contributed by atoms with Crippen molar-refractivity contribution in [1.29, 1.82) is 0 Å². The standard InChI is InChI=1S/C16H22F2N4O/c17-15(18)12-9-14(21-10-20-12)22-7-6-19-16(23)13(22)8-11-4-2-1-3-5-11/h9-11,13,15H,1-8H2,(H,19,23). The Hall–Kier alpha value is -1.79. The number of hydrogen-bond donors (Lipinski definition) is 1. The van der Waals surface area contributed by atoms with Crippen molar-refractivity contribution in [2.75, 3.05) is 18.0 Å². The van der Waals surface area contributed by atoms with Crippen molar-refractivity contribution >= 4 is 11.7 Å². The highest BCUT2D eigenvalue weighted by molar-refractivity contribution is 5.86. The maximum absolute atomic E-state index is 12.9. The number of carbonyl (C=O) groups excluding carboxylic acids is 1. The van der Waals surface area contributed by atoms with Crippen LogP contribution in [0.2, 0.25) is 0 Å². The second-order valence-corrected chi connectivity index (χ2v) is 6.34. The first kappa shape index (κ1) is 16.1. The molecule has 1 unspecified atom stereocenters. The van der Waals surface area contributed by atoms with E-state index in [2.05, 4.69) is 15.3 Å². The van der Waals surface area contributed by atoms with Crippen LogP contribution >= 0.6 is 0 Å². The van der Waals surface area contributed by atoms with Crippen LogP contribution in [0.5, 0.6) is 0 Å². The maximum atomic E-state index is 12.9. The summed E-state index contributed by atoms with van der Waals surface area (Å²) in [6, 6.07) is 0.976. The summed E-state index contributed by atoms with van der Waals surface area (Å²) >= 11 is 0. The fourth-order valence-corrected chi connectivity index (χ4v) is 3.60. The molecule has 0 spiro atoms. The van der Waals surface area contributed by atoms with E-state index in [-0.39, 0.29) is 17.6 Å². The molecule has 3 rings (SSSR count). The zero-order valence-corrected chi connectivity index (χ0v) is 13.0. The van der Waals surface area contributed by atoms with Gasteiger partial charge in [-0.3, -0.25) is 4.79 Å². The Labute approximate surface area is 134 Å². The van der Waals surface area contributed by atoms with E-state index in [4.69, 9.17) is 0 Å². The van der Waals surface area contributed by atoms with Crippen molar-refractivity contribution in [2.45, 2.75) is 51.0 Å². The Morgan fingerprint density at radius 2 is 2.04 bits per heavy atom. The molecule has 1 aliphatic carbocycles. The van der Waals surface area contributed by atoms with Crippen LogP contribution in [0, 0.1) is 5.92 Å². The van der Waals surface area contributed by atoms with E-state index in [1.165, 1.54) is 25.3 Å². The number of nitrogens with zero attached hydrogens (tertiary/aromatic N) is 3. The molecule has 0 radical (unpaired) electrons. The van der Waals surface area contributed by atoms with Gasteiger partial charge in [-0.1, -0.05) is 32.1 Å². The summed E-state index contributed by atoms with van der Waals surface area (Å²) in [6.07, 6.45) is 5.26. The lowest BCUT2D eigenvalue weighted by atomic mass is 9.84. The molecule has 1 N–H and O–H groups in total. The first-order valence-electron chi connectivity index (χ1n) is 8.29. The average molecular weight is 324 g/mol. The molecule has 1 saturated heterocycles. The number of halogens is 2. The van der Waals surface area contributed by atoms with Crippen molar-refractivity contribution in [2.24, 2.45) is 5.92 Å². The molecule has 7 heteroatoms. The van der Waals surface area contributed by atoms with Crippen molar-refractivity contribution in [3.05, 3.63) is 18.1 Å². The van der Waals surface area contributed by atoms with Crippen molar-refractivity contribution in [3.63, 3.8) is 0 Å². The summed E-state index contributed by atoms with van der Waals surface area (Å²) in [6.45, 7) is 1.09. The first-order chi connectivity index (χ1) is 11.1. The van der Waals surface area contributed by atoms with Crippen LogP contribution in [0.25, 0.3) is 0 Å². The van der Waals surface area contributed by atoms with Crippen molar-refractivity contribution < 1.29 is 13.6 Å². The number of piperazine rings is 1. The predicted octanol–water partition coefficient (Wildman–Crippen LogP) is 2.69. The topological polar surface area (TPSA) is 58.1 Å². The minimum absolute atomic E-state index is 0.0287. The van der Waals surface area contributed by atoms with Crippen LogP contribution in [0.1, 0.15) is 50.6 Å². The van der Waals surface area contributed by atoms with Crippen LogP contribution in [0.4, 0.5) is 14.6 Å². The zero-order chi connectivity index (χ0) is 16.2. The molecule has 2 fully saturated rings. The van der Waals surface area contributed by atoms with Crippen molar-refractivity contribution in [1.82, 2.24) is 15.3 Å². The normalized spacial score (nSPS) is 23.2. The molecule has 1 aromatic heterocycles. The Morgan fingerprint density at radius 1 is 1.26 bits per heavy atom. The molecule has 1 aliphatic heterocycles. The van der Waals surface area contributed by atoms with E-state index < -0.39 is 6.43 Å². The van der Waals surface area contributed by atoms with E-state index >= 15 is 0 Å². The zero-order valence-electron chi connectivity index (χ0n) is 13.0. The fraction of sp³-hybridized carbons (Fsp3) is 0.688. The third-order valence-electron chi connectivity index (χ3n) is 4.80. The largest absolute Gasteiger partial charge is 0.353 e. The summed E-state index contributed by atoms with van der Waals surface area (Å²) in [5.74, 6) is 0.918. The van der Waals surface area contributed by atoms with Crippen LogP contribution in [-0.4, -0.2) is 35.0 Å². The lowest BCUT2D eigenvalue weighted by Crippen LogP contribution is -2.56. The maximum Gasteiger partial charge on any atom is 0.280 e. The van der Waals surface area contributed by atoms with E-state index in [0.717, 1.165) is 25.6 Å². The van der Waals surface area contributed by atoms with Crippen molar-refractivity contribution in [3.8, 4) is 0 Å². The van der Waals surface area contributed by atoms with E-state index in [0.29, 0.717) is 24.8 Å². The number of alkyl halides is 2. The summed E-state index contributed by atoms with van der Waals surface area (Å²) in [7, 11) is 0. The average Bonchev–Trinajstić information content (AvgIpc) is 2.58. The molecule has 1 atom stereocenters. The highest BCUT2D eigenvalue weighted by Crippen LogP contribution is 2.31. The molecule has 2 aliphatic rings. The van der Waals surface area contributed by atoms with Gasteiger partial charge in [0, 0.05) is 19.2 Å². The number of rotatable bonds is 4. The number of hydrogen-bond acceptors (Lipinski definition) is 4. The number of anilines is 1. The quantitative estimate of drug-likeness (QED) is 0.925. The molecule has 1 amide bonds. The van der Waals surface area contributed by atoms with Crippen LogP contribution in [-0.2, 0) is 4.79 Å². The summed E-state index contributed by atoms with van der Waals surface area (Å²) in [5.41, 5.74) is -0.294. The second kappa shape index (κ2) is 7.19. The van der Waals surface area contributed by atoms with Gasteiger partial charge in [0.05, 0.1) is 0 Å². The number of amides is 1. The molecule has 126 valence electrons. The Morgan fingerprint density at radius 3 is 2.78 bits per heavy atom. The molecule has 23 heavy (non-hydrogen) atoms. The predicted molar refractivity (Wildman–Crippen MR) is 82.3 cm³/mol. The van der Waals surface area contributed by atoms with Gasteiger partial charge < -0.3 is 10.2 Å². The van der Waals surface area contributed by atoms with Gasteiger partial charge in [0.25, 0.3) is 6.43 Å². The molecule has 0 bridgehead atoms. The van der Waals surface area contributed by atoms with Gasteiger partial charge in [-0.25, -0.2) is 18.7 Å². The Balaban J connectivity index is 1.79. The molecule has 0 aromatic carbocycles. The third-order valence-corrected chi connectivity index (χ3v) is 4.80. The monoisotopic (exact) mass is 324 g/mol. The number of carbonyl (C=O) groups is 1. The third kappa shape index (κ3) is 3.76. The van der Waals surface area contributed by atoms with Gasteiger partial charge >= 0.3 is 0 Å². The van der Waals surface area contributed by atoms with Crippen LogP contribution in [0.3, 0.4) is 0 Å². The van der Waals surface area contributed by atoms with E-state index in [9.17, 15) is 13.6 Å². The van der Waals surface area contributed by atoms with Crippen LogP contribution in [0.15, 0.2) is 12.4 Å². The molecule has 5 nitrogen and oxygen atoms in total. The SMILES string of the molecule is O=C1NCCN(c2cc(C(F)F)ncn2)C1CC1CCCCC1. The molecular weight excluding hydrogens is 302 g/mol. The van der Waals surface area contributed by atoms with Gasteiger partial charge in [0.2, 0.25) is 5.91 Å².